The standard InChI is InChI=1S/C20H19N3O2S/c1-3-12-23(17-10-5-4-6-11-17)18(24)14-26-20-22-21-19(25-20)16-9-7-8-15(2)13-16/h3-11,13H,1,12,14H2,2H3. The summed E-state index contributed by atoms with van der Waals surface area (Å²) in [6.45, 7) is 6.18. The molecule has 0 N–H and O–H groups in total. The predicted molar refractivity (Wildman–Crippen MR) is 104 cm³/mol. The summed E-state index contributed by atoms with van der Waals surface area (Å²) in [5, 5.41) is 8.47. The average molecular weight is 365 g/mol. The monoisotopic (exact) mass is 365 g/mol. The van der Waals surface area contributed by atoms with Crippen LogP contribution in [0.1, 0.15) is 5.56 Å². The molecule has 0 unspecified atom stereocenters. The van der Waals surface area contributed by atoms with E-state index in [1.54, 1.807) is 11.0 Å². The van der Waals surface area contributed by atoms with Gasteiger partial charge >= 0.3 is 0 Å². The van der Waals surface area contributed by atoms with E-state index in [2.05, 4.69) is 16.8 Å². The molecule has 3 rings (SSSR count). The quantitative estimate of drug-likeness (QED) is 0.460. The van der Waals surface area contributed by atoms with E-state index in [1.165, 1.54) is 11.8 Å². The number of para-hydroxylation sites is 1. The highest BCUT2D eigenvalue weighted by molar-refractivity contribution is 7.99. The zero-order valence-electron chi connectivity index (χ0n) is 14.5. The number of aromatic nitrogens is 2. The Balaban J connectivity index is 1.66. The third-order valence-corrected chi connectivity index (χ3v) is 4.47. The van der Waals surface area contributed by atoms with Crippen molar-refractivity contribution in [2.75, 3.05) is 17.2 Å². The van der Waals surface area contributed by atoms with Crippen LogP contribution in [0.4, 0.5) is 5.69 Å². The number of carbonyl (C=O) groups is 1. The van der Waals surface area contributed by atoms with Gasteiger partial charge in [-0.25, -0.2) is 0 Å². The lowest BCUT2D eigenvalue weighted by Gasteiger charge is -2.20. The minimum atomic E-state index is -0.0450. The Kier molecular flexibility index (Phi) is 5.86. The summed E-state index contributed by atoms with van der Waals surface area (Å²) >= 11 is 1.23. The molecule has 0 bridgehead atoms. The first-order chi connectivity index (χ1) is 12.7. The Morgan fingerprint density at radius 1 is 1.19 bits per heavy atom. The largest absolute Gasteiger partial charge is 0.411 e. The van der Waals surface area contributed by atoms with Crippen LogP contribution >= 0.6 is 11.8 Å². The van der Waals surface area contributed by atoms with Gasteiger partial charge in [0, 0.05) is 17.8 Å². The number of thioether (sulfide) groups is 1. The third kappa shape index (κ3) is 4.40. The van der Waals surface area contributed by atoms with Crippen molar-refractivity contribution < 1.29 is 9.21 Å². The fraction of sp³-hybridized carbons (Fsp3) is 0.150. The van der Waals surface area contributed by atoms with E-state index < -0.39 is 0 Å². The van der Waals surface area contributed by atoms with Gasteiger partial charge in [-0.1, -0.05) is 53.7 Å². The van der Waals surface area contributed by atoms with Gasteiger partial charge < -0.3 is 9.32 Å². The highest BCUT2D eigenvalue weighted by Crippen LogP contribution is 2.24. The molecule has 2 aromatic carbocycles. The number of benzene rings is 2. The topological polar surface area (TPSA) is 59.2 Å². The molecule has 0 aliphatic rings. The van der Waals surface area contributed by atoms with Crippen LogP contribution in [-0.4, -0.2) is 28.4 Å². The van der Waals surface area contributed by atoms with Crippen molar-refractivity contribution in [3.8, 4) is 11.5 Å². The molecule has 0 fully saturated rings. The van der Waals surface area contributed by atoms with Gasteiger partial charge in [0.25, 0.3) is 5.22 Å². The number of aryl methyl sites for hydroxylation is 1. The number of carbonyl (C=O) groups excluding carboxylic acids is 1. The van der Waals surface area contributed by atoms with Gasteiger partial charge in [0.1, 0.15) is 0 Å². The van der Waals surface area contributed by atoms with Gasteiger partial charge in [0.2, 0.25) is 11.8 Å². The molecule has 0 aliphatic heterocycles. The summed E-state index contributed by atoms with van der Waals surface area (Å²) in [4.78, 5) is 14.3. The first-order valence-corrected chi connectivity index (χ1v) is 9.15. The van der Waals surface area contributed by atoms with Gasteiger partial charge in [-0.05, 0) is 31.2 Å². The summed E-state index contributed by atoms with van der Waals surface area (Å²) < 4.78 is 5.67. The lowest BCUT2D eigenvalue weighted by molar-refractivity contribution is -0.116. The zero-order valence-corrected chi connectivity index (χ0v) is 15.3. The molecular formula is C20H19N3O2S. The molecule has 3 aromatic rings. The number of anilines is 1. The zero-order chi connectivity index (χ0) is 18.4. The number of hydrogen-bond acceptors (Lipinski definition) is 5. The molecular weight excluding hydrogens is 346 g/mol. The molecule has 6 heteroatoms. The normalized spacial score (nSPS) is 10.5. The Morgan fingerprint density at radius 3 is 2.73 bits per heavy atom. The lowest BCUT2D eigenvalue weighted by atomic mass is 10.1. The number of nitrogens with zero attached hydrogens (tertiary/aromatic N) is 3. The Hall–Kier alpha value is -2.86. The molecule has 1 amide bonds. The molecule has 0 spiro atoms. The maximum atomic E-state index is 12.6. The Morgan fingerprint density at radius 2 is 2.00 bits per heavy atom. The smallest absolute Gasteiger partial charge is 0.277 e. The van der Waals surface area contributed by atoms with Crippen molar-refractivity contribution in [3.63, 3.8) is 0 Å². The van der Waals surface area contributed by atoms with E-state index in [1.807, 2.05) is 61.5 Å². The molecule has 0 atom stereocenters. The summed E-state index contributed by atoms with van der Waals surface area (Å²) in [6.07, 6.45) is 1.71. The van der Waals surface area contributed by atoms with E-state index in [4.69, 9.17) is 4.42 Å². The summed E-state index contributed by atoms with van der Waals surface area (Å²) in [5.74, 6) is 0.615. The Bertz CT molecular complexity index is 893. The highest BCUT2D eigenvalue weighted by atomic mass is 32.2. The van der Waals surface area contributed by atoms with Gasteiger partial charge in [-0.15, -0.1) is 16.8 Å². The number of hydrogen-bond donors (Lipinski definition) is 0. The Labute approximate surface area is 156 Å². The van der Waals surface area contributed by atoms with Crippen LogP contribution in [0.5, 0.6) is 0 Å². The maximum Gasteiger partial charge on any atom is 0.277 e. The second-order valence-electron chi connectivity index (χ2n) is 5.66. The van der Waals surface area contributed by atoms with E-state index in [0.717, 1.165) is 16.8 Å². The molecule has 0 radical (unpaired) electrons. The van der Waals surface area contributed by atoms with Gasteiger partial charge in [-0.2, -0.15) is 0 Å². The van der Waals surface area contributed by atoms with Crippen LogP contribution in [0, 0.1) is 6.92 Å². The van der Waals surface area contributed by atoms with Gasteiger partial charge in [-0.3, -0.25) is 4.79 Å². The van der Waals surface area contributed by atoms with Crippen LogP contribution in [0.15, 0.2) is 76.9 Å². The SMILES string of the molecule is C=CCN(C(=O)CSc1nnc(-c2cccc(C)c2)o1)c1ccccc1. The molecule has 1 heterocycles. The number of amides is 1. The van der Waals surface area contributed by atoms with E-state index in [-0.39, 0.29) is 11.7 Å². The van der Waals surface area contributed by atoms with Crippen LogP contribution in [0.25, 0.3) is 11.5 Å². The predicted octanol–water partition coefficient (Wildman–Crippen LogP) is 4.36. The van der Waals surface area contributed by atoms with Crippen molar-refractivity contribution in [2.45, 2.75) is 12.1 Å². The molecule has 1 aromatic heterocycles. The summed E-state index contributed by atoms with van der Waals surface area (Å²) in [5.41, 5.74) is 2.82. The maximum absolute atomic E-state index is 12.6. The van der Waals surface area contributed by atoms with Crippen molar-refractivity contribution in [1.29, 1.82) is 0 Å². The first kappa shape index (κ1) is 17.9. The summed E-state index contributed by atoms with van der Waals surface area (Å²) in [6, 6.07) is 17.4. The van der Waals surface area contributed by atoms with Crippen molar-refractivity contribution in [1.82, 2.24) is 10.2 Å². The third-order valence-electron chi connectivity index (χ3n) is 3.67. The van der Waals surface area contributed by atoms with Crippen LogP contribution in [0.3, 0.4) is 0 Å². The number of rotatable bonds is 7. The van der Waals surface area contributed by atoms with Gasteiger partial charge in [0.05, 0.1) is 5.75 Å². The minimum Gasteiger partial charge on any atom is -0.411 e. The van der Waals surface area contributed by atoms with Crippen molar-refractivity contribution in [3.05, 3.63) is 72.8 Å². The molecule has 5 nitrogen and oxygen atoms in total. The molecule has 0 aliphatic carbocycles. The first-order valence-electron chi connectivity index (χ1n) is 8.17. The fourth-order valence-electron chi connectivity index (χ4n) is 2.45. The van der Waals surface area contributed by atoms with Gasteiger partial charge in [0.15, 0.2) is 0 Å². The van der Waals surface area contributed by atoms with Crippen LogP contribution in [-0.2, 0) is 4.79 Å². The molecule has 0 saturated heterocycles. The fourth-order valence-corrected chi connectivity index (χ4v) is 3.09. The van der Waals surface area contributed by atoms with E-state index >= 15 is 0 Å². The minimum absolute atomic E-state index is 0.0450. The van der Waals surface area contributed by atoms with Crippen molar-refractivity contribution >= 4 is 23.4 Å². The van der Waals surface area contributed by atoms with E-state index in [0.29, 0.717) is 17.7 Å². The molecule has 132 valence electrons. The molecule has 26 heavy (non-hydrogen) atoms. The van der Waals surface area contributed by atoms with Crippen LogP contribution < -0.4 is 4.90 Å². The second kappa shape index (κ2) is 8.49. The average Bonchev–Trinajstić information content (AvgIpc) is 3.14. The highest BCUT2D eigenvalue weighted by Gasteiger charge is 2.17. The molecule has 0 saturated carbocycles. The summed E-state index contributed by atoms with van der Waals surface area (Å²) in [7, 11) is 0. The van der Waals surface area contributed by atoms with Crippen LogP contribution in [0.2, 0.25) is 0 Å². The lowest BCUT2D eigenvalue weighted by Crippen LogP contribution is -2.32. The second-order valence-corrected chi connectivity index (χ2v) is 6.59. The van der Waals surface area contributed by atoms with E-state index in [9.17, 15) is 4.79 Å². The van der Waals surface area contributed by atoms with Crippen molar-refractivity contribution in [2.24, 2.45) is 0 Å².